The maximum Gasteiger partial charge on any atom is 0.276 e. The Labute approximate surface area is 124 Å². The molecule has 4 nitrogen and oxygen atoms in total. The smallest absolute Gasteiger partial charge is 0.276 e. The summed E-state index contributed by atoms with van der Waals surface area (Å²) in [7, 11) is 1.78. The molecule has 0 saturated carbocycles. The summed E-state index contributed by atoms with van der Waals surface area (Å²) >= 11 is 3.44. The van der Waals surface area contributed by atoms with Crippen LogP contribution in [0.5, 0.6) is 0 Å². The van der Waals surface area contributed by atoms with Gasteiger partial charge < -0.3 is 5.32 Å². The topological polar surface area (TPSA) is 46.9 Å². The summed E-state index contributed by atoms with van der Waals surface area (Å²) in [4.78, 5) is 12.0. The average Bonchev–Trinajstić information content (AvgIpc) is 2.86. The monoisotopic (exact) mass is 329 g/mol. The van der Waals surface area contributed by atoms with E-state index in [-0.39, 0.29) is 5.91 Å². The van der Waals surface area contributed by atoms with Crippen molar-refractivity contribution in [3.8, 4) is 0 Å². The highest BCUT2D eigenvalue weighted by Crippen LogP contribution is 2.23. The van der Waals surface area contributed by atoms with Crippen LogP contribution >= 0.6 is 15.9 Å². The molecule has 1 amide bonds. The number of carbonyl (C=O) groups is 1. The van der Waals surface area contributed by atoms with E-state index in [9.17, 15) is 4.79 Å². The van der Waals surface area contributed by atoms with Gasteiger partial charge in [0.15, 0.2) is 5.69 Å². The molecule has 1 N–H and O–H groups in total. The molecule has 1 heterocycles. The molecule has 0 fully saturated rings. The summed E-state index contributed by atoms with van der Waals surface area (Å²) in [6, 6.07) is 13.5. The second-order valence-corrected chi connectivity index (χ2v) is 5.45. The quantitative estimate of drug-likeness (QED) is 0.781. The standard InChI is InChI=1S/C15H12BrN3O/c1-19-7-6-14(18-19)15(20)17-13-5-3-10-8-12(16)4-2-11(10)9-13/h2-9H,1H3,(H,17,20). The highest BCUT2D eigenvalue weighted by Gasteiger charge is 2.09. The second-order valence-electron chi connectivity index (χ2n) is 4.54. The minimum atomic E-state index is -0.206. The lowest BCUT2D eigenvalue weighted by molar-refractivity contribution is 0.102. The van der Waals surface area contributed by atoms with Gasteiger partial charge in [-0.1, -0.05) is 28.1 Å². The van der Waals surface area contributed by atoms with Crippen LogP contribution < -0.4 is 5.32 Å². The molecule has 20 heavy (non-hydrogen) atoms. The maximum absolute atomic E-state index is 12.0. The molecule has 100 valence electrons. The van der Waals surface area contributed by atoms with Crippen molar-refractivity contribution in [1.82, 2.24) is 9.78 Å². The molecule has 0 aliphatic heterocycles. The number of aryl methyl sites for hydroxylation is 1. The van der Waals surface area contributed by atoms with Crippen LogP contribution in [0.1, 0.15) is 10.5 Å². The zero-order valence-electron chi connectivity index (χ0n) is 10.8. The number of fused-ring (bicyclic) bond motifs is 1. The molecule has 0 spiro atoms. The fourth-order valence-corrected chi connectivity index (χ4v) is 2.40. The van der Waals surface area contributed by atoms with Crippen molar-refractivity contribution in [1.29, 1.82) is 0 Å². The van der Waals surface area contributed by atoms with Crippen molar-refractivity contribution in [2.45, 2.75) is 0 Å². The van der Waals surface area contributed by atoms with E-state index in [1.165, 1.54) is 0 Å². The average molecular weight is 330 g/mol. The predicted octanol–water partition coefficient (Wildman–Crippen LogP) is 3.59. The fourth-order valence-electron chi connectivity index (χ4n) is 2.03. The van der Waals surface area contributed by atoms with Crippen molar-refractivity contribution in [3.63, 3.8) is 0 Å². The number of amides is 1. The van der Waals surface area contributed by atoms with Gasteiger partial charge in [0.25, 0.3) is 5.91 Å². The van der Waals surface area contributed by atoms with Crippen LogP contribution in [0, 0.1) is 0 Å². The summed E-state index contributed by atoms with van der Waals surface area (Å²) in [6.45, 7) is 0. The van der Waals surface area contributed by atoms with Gasteiger partial charge in [-0.05, 0) is 41.1 Å². The number of halogens is 1. The molecule has 0 aliphatic rings. The van der Waals surface area contributed by atoms with Gasteiger partial charge in [-0.3, -0.25) is 9.48 Å². The van der Waals surface area contributed by atoms with Gasteiger partial charge in [0.1, 0.15) is 0 Å². The van der Waals surface area contributed by atoms with Gasteiger partial charge in [-0.15, -0.1) is 0 Å². The van der Waals surface area contributed by atoms with Crippen LogP contribution in [0.3, 0.4) is 0 Å². The van der Waals surface area contributed by atoms with Gasteiger partial charge >= 0.3 is 0 Å². The van der Waals surface area contributed by atoms with E-state index in [1.54, 1.807) is 24.0 Å². The highest BCUT2D eigenvalue weighted by atomic mass is 79.9. The van der Waals surface area contributed by atoms with Crippen molar-refractivity contribution in [2.24, 2.45) is 7.05 Å². The number of nitrogens with zero attached hydrogens (tertiary/aromatic N) is 2. The van der Waals surface area contributed by atoms with Gasteiger partial charge in [-0.25, -0.2) is 0 Å². The van der Waals surface area contributed by atoms with Crippen LogP contribution in [-0.4, -0.2) is 15.7 Å². The summed E-state index contributed by atoms with van der Waals surface area (Å²) in [6.07, 6.45) is 1.74. The number of anilines is 1. The van der Waals surface area contributed by atoms with Gasteiger partial charge in [0.2, 0.25) is 0 Å². The highest BCUT2D eigenvalue weighted by molar-refractivity contribution is 9.10. The third-order valence-electron chi connectivity index (χ3n) is 3.01. The molecular weight excluding hydrogens is 318 g/mol. The molecule has 3 aromatic rings. The normalized spacial score (nSPS) is 10.7. The van der Waals surface area contributed by atoms with Gasteiger partial charge in [0, 0.05) is 23.4 Å². The van der Waals surface area contributed by atoms with Crippen molar-refractivity contribution >= 4 is 38.3 Å². The summed E-state index contributed by atoms with van der Waals surface area (Å²) in [5.74, 6) is -0.206. The molecule has 2 aromatic carbocycles. The first-order valence-corrected chi connectivity index (χ1v) is 6.91. The van der Waals surface area contributed by atoms with Crippen LogP contribution in [0.4, 0.5) is 5.69 Å². The van der Waals surface area contributed by atoms with Crippen LogP contribution in [0.25, 0.3) is 10.8 Å². The lowest BCUT2D eigenvalue weighted by atomic mass is 10.1. The van der Waals surface area contributed by atoms with Crippen molar-refractivity contribution in [2.75, 3.05) is 5.32 Å². The van der Waals surface area contributed by atoms with Crippen molar-refractivity contribution < 1.29 is 4.79 Å². The van der Waals surface area contributed by atoms with E-state index in [1.807, 2.05) is 36.4 Å². The van der Waals surface area contributed by atoms with Crippen LogP contribution in [0.2, 0.25) is 0 Å². The predicted molar refractivity (Wildman–Crippen MR) is 82.8 cm³/mol. The fraction of sp³-hybridized carbons (Fsp3) is 0.0667. The molecular formula is C15H12BrN3O. The number of hydrogen-bond acceptors (Lipinski definition) is 2. The molecule has 0 unspecified atom stereocenters. The molecule has 0 bridgehead atoms. The first-order valence-electron chi connectivity index (χ1n) is 6.12. The Balaban J connectivity index is 1.87. The summed E-state index contributed by atoms with van der Waals surface area (Å²) < 4.78 is 2.64. The second kappa shape index (κ2) is 5.09. The largest absolute Gasteiger partial charge is 0.321 e. The maximum atomic E-state index is 12.0. The minimum absolute atomic E-state index is 0.206. The van der Waals surface area contributed by atoms with Crippen LogP contribution in [-0.2, 0) is 7.05 Å². The Morgan fingerprint density at radius 1 is 1.15 bits per heavy atom. The lowest BCUT2D eigenvalue weighted by Crippen LogP contribution is -2.12. The van der Waals surface area contributed by atoms with E-state index in [4.69, 9.17) is 0 Å². The molecule has 0 saturated heterocycles. The summed E-state index contributed by atoms with van der Waals surface area (Å²) in [5.41, 5.74) is 1.17. The van der Waals surface area contributed by atoms with Gasteiger partial charge in [0.05, 0.1) is 0 Å². The molecule has 3 rings (SSSR count). The number of carbonyl (C=O) groups excluding carboxylic acids is 1. The first-order chi connectivity index (χ1) is 9.61. The van der Waals surface area contributed by atoms with E-state index in [0.29, 0.717) is 5.69 Å². The zero-order chi connectivity index (χ0) is 14.1. The summed E-state index contributed by atoms with van der Waals surface area (Å²) in [5, 5.41) is 9.13. The van der Waals surface area contributed by atoms with E-state index < -0.39 is 0 Å². The Morgan fingerprint density at radius 2 is 1.90 bits per heavy atom. The number of rotatable bonds is 2. The Morgan fingerprint density at radius 3 is 2.65 bits per heavy atom. The Bertz CT molecular complexity index is 795. The number of hydrogen-bond donors (Lipinski definition) is 1. The zero-order valence-corrected chi connectivity index (χ0v) is 12.4. The first kappa shape index (κ1) is 12.9. The van der Waals surface area contributed by atoms with E-state index >= 15 is 0 Å². The lowest BCUT2D eigenvalue weighted by Gasteiger charge is -2.05. The molecule has 0 radical (unpaired) electrons. The number of benzene rings is 2. The van der Waals surface area contributed by atoms with E-state index in [0.717, 1.165) is 20.9 Å². The molecule has 0 aliphatic carbocycles. The third-order valence-corrected chi connectivity index (χ3v) is 3.50. The SMILES string of the molecule is Cn1ccc(C(=O)Nc2ccc3cc(Br)ccc3c2)n1. The van der Waals surface area contributed by atoms with E-state index in [2.05, 4.69) is 26.3 Å². The Hall–Kier alpha value is -2.14. The number of aromatic nitrogens is 2. The Kier molecular flexibility index (Phi) is 3.28. The minimum Gasteiger partial charge on any atom is -0.321 e. The molecule has 5 heteroatoms. The third kappa shape index (κ3) is 2.58. The molecule has 1 aromatic heterocycles. The van der Waals surface area contributed by atoms with Crippen molar-refractivity contribution in [3.05, 3.63) is 58.8 Å². The van der Waals surface area contributed by atoms with Gasteiger partial charge in [-0.2, -0.15) is 5.10 Å². The van der Waals surface area contributed by atoms with Crippen LogP contribution in [0.15, 0.2) is 53.1 Å². The molecule has 0 atom stereocenters. The number of nitrogens with one attached hydrogen (secondary N) is 1.